The highest BCUT2D eigenvalue weighted by Crippen LogP contribution is 2.42. The van der Waals surface area contributed by atoms with Crippen molar-refractivity contribution in [3.8, 4) is 17.2 Å². The minimum Gasteiger partial charge on any atom is -0.370 e. The zero-order valence-electron chi connectivity index (χ0n) is 18.5. The van der Waals surface area contributed by atoms with Gasteiger partial charge in [0.2, 0.25) is 0 Å². The molecule has 0 aliphatic carbocycles. The van der Waals surface area contributed by atoms with Crippen molar-refractivity contribution >= 4 is 23.4 Å². The lowest BCUT2D eigenvalue weighted by Gasteiger charge is -2.26. The fourth-order valence-electron chi connectivity index (χ4n) is 3.51. The van der Waals surface area contributed by atoms with Gasteiger partial charge in [0.1, 0.15) is 5.82 Å². The first kappa shape index (κ1) is 25.6. The molecule has 11 heteroatoms. The molecule has 0 fully saturated rings. The molecule has 0 unspecified atom stereocenters. The van der Waals surface area contributed by atoms with Crippen LogP contribution >= 0.6 is 0 Å². The Morgan fingerprint density at radius 1 is 1.03 bits per heavy atom. The van der Waals surface area contributed by atoms with Gasteiger partial charge in [-0.25, -0.2) is 4.98 Å². The van der Waals surface area contributed by atoms with Gasteiger partial charge in [-0.3, -0.25) is 0 Å². The van der Waals surface area contributed by atoms with Crippen molar-refractivity contribution in [3.05, 3.63) is 70.9 Å². The Kier molecular flexibility index (Phi) is 7.05. The average molecular weight is 491 g/mol. The minimum absolute atomic E-state index is 0.0639. The molecule has 0 saturated carbocycles. The number of aromatic nitrogens is 1. The number of nitrogens with zero attached hydrogens (tertiary/aromatic N) is 3. The molecule has 0 aliphatic heterocycles. The summed E-state index contributed by atoms with van der Waals surface area (Å²) in [5.74, 6) is 0.319. The van der Waals surface area contributed by atoms with E-state index in [1.54, 1.807) is 19.1 Å². The van der Waals surface area contributed by atoms with Gasteiger partial charge < -0.3 is 15.6 Å². The lowest BCUT2D eigenvalue weighted by atomic mass is 9.97. The number of nitriles is 1. The van der Waals surface area contributed by atoms with Crippen LogP contribution in [-0.2, 0) is 12.4 Å². The third-order valence-corrected chi connectivity index (χ3v) is 5.21. The van der Waals surface area contributed by atoms with E-state index in [9.17, 15) is 26.3 Å². The smallest absolute Gasteiger partial charge is 0.370 e. The van der Waals surface area contributed by atoms with E-state index in [0.717, 1.165) is 11.1 Å². The first-order valence-corrected chi connectivity index (χ1v) is 10.2. The fourth-order valence-corrected chi connectivity index (χ4v) is 3.51. The highest BCUT2D eigenvalue weighted by Gasteiger charge is 2.37. The predicted molar refractivity (Wildman–Crippen MR) is 121 cm³/mol. The van der Waals surface area contributed by atoms with E-state index in [0.29, 0.717) is 41.2 Å². The molecule has 3 aromatic rings. The van der Waals surface area contributed by atoms with Crippen molar-refractivity contribution in [1.82, 2.24) is 4.98 Å². The number of nitrogens with one attached hydrogen (secondary N) is 2. The number of hydrogen-bond acceptors (Lipinski definition) is 5. The maximum atomic E-state index is 13.4. The van der Waals surface area contributed by atoms with Crippen LogP contribution in [0, 0.1) is 16.7 Å². The lowest BCUT2D eigenvalue weighted by molar-refractivity contribution is -0.143. The van der Waals surface area contributed by atoms with Crippen molar-refractivity contribution in [2.75, 3.05) is 23.8 Å². The van der Waals surface area contributed by atoms with Crippen molar-refractivity contribution < 1.29 is 26.3 Å². The third kappa shape index (κ3) is 5.37. The van der Waals surface area contributed by atoms with Crippen LogP contribution in [0.3, 0.4) is 0 Å². The Labute approximate surface area is 197 Å². The molecule has 1 aromatic heterocycles. The van der Waals surface area contributed by atoms with Crippen molar-refractivity contribution in [1.29, 1.82) is 10.7 Å². The van der Waals surface area contributed by atoms with E-state index in [2.05, 4.69) is 10.3 Å². The number of halogens is 6. The van der Waals surface area contributed by atoms with Crippen LogP contribution in [0.4, 0.5) is 43.5 Å². The maximum absolute atomic E-state index is 13.4. The van der Waals surface area contributed by atoms with Gasteiger partial charge in [-0.2, -0.15) is 31.6 Å². The van der Waals surface area contributed by atoms with E-state index in [1.165, 1.54) is 25.4 Å². The molecule has 0 radical (unpaired) electrons. The highest BCUT2D eigenvalue weighted by molar-refractivity contribution is 6.00. The van der Waals surface area contributed by atoms with Crippen molar-refractivity contribution in [2.24, 2.45) is 0 Å². The molecular weight excluding hydrogens is 472 g/mol. The average Bonchev–Trinajstić information content (AvgIpc) is 2.82. The second-order valence-electron chi connectivity index (χ2n) is 7.47. The number of benzene rings is 2. The van der Waals surface area contributed by atoms with Crippen molar-refractivity contribution in [3.63, 3.8) is 0 Å². The number of alkyl halides is 6. The van der Waals surface area contributed by atoms with Gasteiger partial charge in [0.05, 0.1) is 34.6 Å². The molecule has 1 heterocycles. The Morgan fingerprint density at radius 3 is 2.06 bits per heavy atom. The van der Waals surface area contributed by atoms with Crippen LogP contribution < -0.4 is 10.2 Å². The topological polar surface area (TPSA) is 75.8 Å². The van der Waals surface area contributed by atoms with Gasteiger partial charge in [-0.15, -0.1) is 0 Å². The maximum Gasteiger partial charge on any atom is 0.416 e. The number of pyridine rings is 1. The lowest BCUT2D eigenvalue weighted by Crippen LogP contribution is -2.17. The first-order valence-electron chi connectivity index (χ1n) is 10.2. The van der Waals surface area contributed by atoms with Gasteiger partial charge in [-0.1, -0.05) is 12.1 Å². The molecular formula is C24H19F6N5. The summed E-state index contributed by atoms with van der Waals surface area (Å²) in [6.07, 6.45) is -7.69. The molecule has 5 nitrogen and oxygen atoms in total. The molecule has 0 spiro atoms. The summed E-state index contributed by atoms with van der Waals surface area (Å²) in [7, 11) is 1.32. The number of rotatable bonds is 6. The molecule has 0 saturated heterocycles. The SMILES string of the molecule is CCNc1ncc(N(C)c2cc(C(F)(F)F)cc(C(F)(F)F)c2)c(-c2ccc(C#N)cc2)c1C=N. The van der Waals surface area contributed by atoms with Crippen LogP contribution in [0.1, 0.15) is 29.2 Å². The van der Waals surface area contributed by atoms with E-state index in [-0.39, 0.29) is 23.0 Å². The van der Waals surface area contributed by atoms with Gasteiger partial charge in [0.25, 0.3) is 0 Å². The van der Waals surface area contributed by atoms with Crippen LogP contribution in [-0.4, -0.2) is 24.8 Å². The van der Waals surface area contributed by atoms with E-state index < -0.39 is 23.5 Å². The van der Waals surface area contributed by atoms with E-state index >= 15 is 0 Å². The summed E-state index contributed by atoms with van der Waals surface area (Å²) in [5.41, 5.74) is -1.61. The Morgan fingerprint density at radius 2 is 1.60 bits per heavy atom. The molecule has 182 valence electrons. The summed E-state index contributed by atoms with van der Waals surface area (Å²) in [6.45, 7) is 2.26. The molecule has 35 heavy (non-hydrogen) atoms. The highest BCUT2D eigenvalue weighted by atomic mass is 19.4. The summed E-state index contributed by atoms with van der Waals surface area (Å²) in [5, 5.41) is 20.0. The molecule has 0 bridgehead atoms. The van der Waals surface area contributed by atoms with Gasteiger partial charge in [-0.05, 0) is 42.8 Å². The zero-order valence-corrected chi connectivity index (χ0v) is 18.5. The Hall–Kier alpha value is -4.07. The van der Waals surface area contributed by atoms with Gasteiger partial charge in [0.15, 0.2) is 0 Å². The third-order valence-electron chi connectivity index (χ3n) is 5.21. The fraction of sp³-hybridized carbons (Fsp3) is 0.208. The molecule has 2 N–H and O–H groups in total. The monoisotopic (exact) mass is 491 g/mol. The summed E-state index contributed by atoms with van der Waals surface area (Å²) in [4.78, 5) is 5.41. The summed E-state index contributed by atoms with van der Waals surface area (Å²) in [6, 6.07) is 9.50. The molecule has 0 aliphatic rings. The van der Waals surface area contributed by atoms with Crippen LogP contribution in [0.15, 0.2) is 48.7 Å². The Bertz CT molecular complexity index is 1240. The van der Waals surface area contributed by atoms with Gasteiger partial charge >= 0.3 is 12.4 Å². The second kappa shape index (κ2) is 9.66. The number of anilines is 3. The minimum atomic E-state index is -5.00. The second-order valence-corrected chi connectivity index (χ2v) is 7.47. The van der Waals surface area contributed by atoms with E-state index in [1.807, 2.05) is 6.07 Å². The van der Waals surface area contributed by atoms with Crippen molar-refractivity contribution in [2.45, 2.75) is 19.3 Å². The summed E-state index contributed by atoms with van der Waals surface area (Å²) < 4.78 is 80.5. The normalized spacial score (nSPS) is 11.6. The molecule has 3 rings (SSSR count). The quantitative estimate of drug-likeness (QED) is 0.292. The van der Waals surface area contributed by atoms with Crippen LogP contribution in [0.5, 0.6) is 0 Å². The zero-order chi connectivity index (χ0) is 26.0. The largest absolute Gasteiger partial charge is 0.416 e. The molecule has 0 atom stereocenters. The van der Waals surface area contributed by atoms with E-state index in [4.69, 9.17) is 10.7 Å². The first-order chi connectivity index (χ1) is 16.4. The number of hydrogen-bond donors (Lipinski definition) is 2. The van der Waals surface area contributed by atoms with Crippen LogP contribution in [0.2, 0.25) is 0 Å². The Balaban J connectivity index is 2.30. The molecule has 2 aromatic carbocycles. The summed E-state index contributed by atoms with van der Waals surface area (Å²) >= 11 is 0. The van der Waals surface area contributed by atoms with Crippen LogP contribution in [0.25, 0.3) is 11.1 Å². The van der Waals surface area contributed by atoms with Gasteiger partial charge in [0, 0.05) is 36.6 Å². The standard InChI is InChI=1S/C24H19F6N5/c1-3-33-22-19(12-32)21(15-6-4-14(11-31)5-7-15)20(13-34-22)35(2)18-9-16(23(25,26)27)8-17(10-18)24(28,29)30/h4-10,12-13,32H,3H2,1-2H3,(H,33,34). The predicted octanol–water partition coefficient (Wildman–Crippen LogP) is 6.86. The molecule has 0 amide bonds.